The normalized spacial score (nSPS) is 10.2. The lowest BCUT2D eigenvalue weighted by Gasteiger charge is -2.20. The molecule has 0 aliphatic rings. The zero-order valence-electron chi connectivity index (χ0n) is 15.0. The lowest BCUT2D eigenvalue weighted by Crippen LogP contribution is -2.24. The Labute approximate surface area is 154 Å². The summed E-state index contributed by atoms with van der Waals surface area (Å²) in [7, 11) is 0. The average molecular weight is 343 g/mol. The lowest BCUT2D eigenvalue weighted by molar-refractivity contribution is 0.823. The van der Waals surface area contributed by atoms with E-state index in [1.54, 1.807) is 12.1 Å². The van der Waals surface area contributed by atoms with Gasteiger partial charge in [0.2, 0.25) is 5.95 Å². The first-order valence-corrected chi connectivity index (χ1v) is 8.70. The molecule has 26 heavy (non-hydrogen) atoms. The minimum atomic E-state index is 0.608. The van der Waals surface area contributed by atoms with Gasteiger partial charge in [-0.1, -0.05) is 36.4 Å². The topological polar surface area (TPSA) is 64.8 Å². The van der Waals surface area contributed by atoms with Crippen LogP contribution in [0.15, 0.2) is 60.7 Å². The summed E-state index contributed by atoms with van der Waals surface area (Å²) in [5, 5.41) is 12.4. The first-order chi connectivity index (χ1) is 12.7. The molecule has 0 radical (unpaired) electrons. The number of hydrogen-bond donors (Lipinski definition) is 1. The van der Waals surface area contributed by atoms with Crippen molar-refractivity contribution < 1.29 is 0 Å². The molecule has 3 rings (SSSR count). The van der Waals surface area contributed by atoms with Crippen LogP contribution >= 0.6 is 0 Å². The van der Waals surface area contributed by atoms with Crippen LogP contribution in [0.3, 0.4) is 0 Å². The molecule has 5 nitrogen and oxygen atoms in total. The Kier molecular flexibility index (Phi) is 5.45. The van der Waals surface area contributed by atoms with Gasteiger partial charge in [-0.3, -0.25) is 0 Å². The van der Waals surface area contributed by atoms with E-state index in [2.05, 4.69) is 35.1 Å². The zero-order chi connectivity index (χ0) is 18.4. The molecular formula is C21H21N5. The number of aromatic nitrogens is 2. The van der Waals surface area contributed by atoms with Crippen molar-refractivity contribution in [3.63, 3.8) is 0 Å². The number of nitrogens with zero attached hydrogens (tertiary/aromatic N) is 4. The summed E-state index contributed by atoms with van der Waals surface area (Å²) in [6.45, 7) is 5.84. The van der Waals surface area contributed by atoms with Crippen LogP contribution in [-0.4, -0.2) is 23.1 Å². The highest BCUT2D eigenvalue weighted by Gasteiger charge is 2.11. The Morgan fingerprint density at radius 2 is 1.73 bits per heavy atom. The molecule has 0 atom stereocenters. The van der Waals surface area contributed by atoms with E-state index in [9.17, 15) is 0 Å². The van der Waals surface area contributed by atoms with Crippen molar-refractivity contribution in [2.45, 2.75) is 13.8 Å². The second-order valence-electron chi connectivity index (χ2n) is 5.79. The summed E-state index contributed by atoms with van der Waals surface area (Å²) in [5.41, 5.74) is 3.34. The minimum absolute atomic E-state index is 0.608. The second kappa shape index (κ2) is 8.13. The van der Waals surface area contributed by atoms with Crippen LogP contribution in [-0.2, 0) is 0 Å². The Hall–Kier alpha value is -3.39. The van der Waals surface area contributed by atoms with E-state index in [-0.39, 0.29) is 0 Å². The molecule has 0 fully saturated rings. The monoisotopic (exact) mass is 343 g/mol. The highest BCUT2D eigenvalue weighted by Crippen LogP contribution is 2.25. The number of hydrogen-bond acceptors (Lipinski definition) is 5. The number of anilines is 3. The Balaban J connectivity index is 2.03. The number of rotatable bonds is 6. The Morgan fingerprint density at radius 1 is 0.962 bits per heavy atom. The van der Waals surface area contributed by atoms with Gasteiger partial charge in [-0.2, -0.15) is 10.2 Å². The first-order valence-electron chi connectivity index (χ1n) is 8.70. The van der Waals surface area contributed by atoms with Crippen molar-refractivity contribution in [2.75, 3.05) is 23.3 Å². The average Bonchev–Trinajstić information content (AvgIpc) is 2.69. The van der Waals surface area contributed by atoms with Crippen molar-refractivity contribution in [1.82, 2.24) is 9.97 Å². The third-order valence-electron chi connectivity index (χ3n) is 4.09. The largest absolute Gasteiger partial charge is 0.341 e. The van der Waals surface area contributed by atoms with Crippen molar-refractivity contribution >= 4 is 17.5 Å². The van der Waals surface area contributed by atoms with Gasteiger partial charge >= 0.3 is 0 Å². The van der Waals surface area contributed by atoms with E-state index in [1.165, 1.54) is 0 Å². The van der Waals surface area contributed by atoms with Crippen LogP contribution < -0.4 is 10.2 Å². The van der Waals surface area contributed by atoms with Gasteiger partial charge < -0.3 is 10.2 Å². The molecule has 0 unspecified atom stereocenters. The van der Waals surface area contributed by atoms with Crippen LogP contribution in [0.2, 0.25) is 0 Å². The van der Waals surface area contributed by atoms with Crippen molar-refractivity contribution in [3.8, 4) is 17.3 Å². The van der Waals surface area contributed by atoms with Crippen LogP contribution in [0.25, 0.3) is 11.3 Å². The van der Waals surface area contributed by atoms with Gasteiger partial charge in [0.15, 0.2) is 0 Å². The maximum absolute atomic E-state index is 9.09. The number of nitrogens with one attached hydrogen (secondary N) is 1. The number of benzene rings is 2. The summed E-state index contributed by atoms with van der Waals surface area (Å²) in [6, 6.07) is 21.5. The minimum Gasteiger partial charge on any atom is -0.341 e. The smallest absolute Gasteiger partial charge is 0.227 e. The summed E-state index contributed by atoms with van der Waals surface area (Å²) in [4.78, 5) is 11.5. The van der Waals surface area contributed by atoms with Crippen LogP contribution in [0, 0.1) is 11.3 Å². The second-order valence-corrected chi connectivity index (χ2v) is 5.79. The maximum Gasteiger partial charge on any atom is 0.227 e. The quantitative estimate of drug-likeness (QED) is 0.708. The third-order valence-corrected chi connectivity index (χ3v) is 4.09. The summed E-state index contributed by atoms with van der Waals surface area (Å²) >= 11 is 0. The van der Waals surface area contributed by atoms with E-state index in [4.69, 9.17) is 10.2 Å². The summed E-state index contributed by atoms with van der Waals surface area (Å²) < 4.78 is 0. The van der Waals surface area contributed by atoms with Crippen molar-refractivity contribution in [3.05, 3.63) is 66.2 Å². The van der Waals surface area contributed by atoms with E-state index < -0.39 is 0 Å². The molecule has 1 heterocycles. The van der Waals surface area contributed by atoms with E-state index >= 15 is 0 Å². The van der Waals surface area contributed by atoms with E-state index in [1.807, 2.05) is 48.5 Å². The predicted molar refractivity (Wildman–Crippen MR) is 105 cm³/mol. The molecule has 0 bridgehead atoms. The standard InChI is InChI=1S/C21H21N5/c1-3-26(4-2)21-24-19(17-10-6-5-7-11-17)14-20(25-21)23-18-12-8-9-16(13-18)15-22/h5-14H,3-4H2,1-2H3,(H,23,24,25). The molecule has 0 aliphatic heterocycles. The highest BCUT2D eigenvalue weighted by atomic mass is 15.3. The Morgan fingerprint density at radius 3 is 2.42 bits per heavy atom. The van der Waals surface area contributed by atoms with Gasteiger partial charge in [0, 0.05) is 30.4 Å². The molecule has 2 aromatic carbocycles. The Bertz CT molecular complexity index is 911. The molecular weight excluding hydrogens is 322 g/mol. The zero-order valence-corrected chi connectivity index (χ0v) is 15.0. The van der Waals surface area contributed by atoms with Crippen LogP contribution in [0.4, 0.5) is 17.5 Å². The van der Waals surface area contributed by atoms with Gasteiger partial charge in [-0.25, -0.2) is 4.98 Å². The van der Waals surface area contributed by atoms with Crippen LogP contribution in [0.1, 0.15) is 19.4 Å². The molecule has 0 saturated carbocycles. The fraction of sp³-hybridized carbons (Fsp3) is 0.190. The fourth-order valence-corrected chi connectivity index (χ4v) is 2.72. The molecule has 0 amide bonds. The molecule has 1 aromatic heterocycles. The molecule has 0 saturated heterocycles. The van der Waals surface area contributed by atoms with Gasteiger partial charge in [-0.05, 0) is 32.0 Å². The van der Waals surface area contributed by atoms with Gasteiger partial charge in [0.1, 0.15) is 5.82 Å². The maximum atomic E-state index is 9.09. The molecule has 3 aromatic rings. The molecule has 1 N–H and O–H groups in total. The third kappa shape index (κ3) is 3.98. The van der Waals surface area contributed by atoms with Crippen molar-refractivity contribution in [2.24, 2.45) is 0 Å². The predicted octanol–water partition coefficient (Wildman–Crippen LogP) is 4.61. The van der Waals surface area contributed by atoms with Gasteiger partial charge in [0.05, 0.1) is 17.3 Å². The highest BCUT2D eigenvalue weighted by molar-refractivity contribution is 5.68. The summed E-state index contributed by atoms with van der Waals surface area (Å²) in [6.07, 6.45) is 0. The molecule has 5 heteroatoms. The van der Waals surface area contributed by atoms with Crippen LogP contribution in [0.5, 0.6) is 0 Å². The van der Waals surface area contributed by atoms with Gasteiger partial charge in [-0.15, -0.1) is 0 Å². The van der Waals surface area contributed by atoms with Crippen molar-refractivity contribution in [1.29, 1.82) is 5.26 Å². The lowest BCUT2D eigenvalue weighted by atomic mass is 10.1. The fourth-order valence-electron chi connectivity index (χ4n) is 2.72. The van der Waals surface area contributed by atoms with E-state index in [0.717, 1.165) is 30.0 Å². The van der Waals surface area contributed by atoms with Gasteiger partial charge in [0.25, 0.3) is 0 Å². The van der Waals surface area contributed by atoms with E-state index in [0.29, 0.717) is 17.3 Å². The number of nitriles is 1. The molecule has 0 aliphatic carbocycles. The molecule has 0 spiro atoms. The SMILES string of the molecule is CCN(CC)c1nc(Nc2cccc(C#N)c2)cc(-c2ccccc2)n1. The molecule has 130 valence electrons. The first kappa shape index (κ1) is 17.4. The summed E-state index contributed by atoms with van der Waals surface area (Å²) in [5.74, 6) is 1.39.